The van der Waals surface area contributed by atoms with Crippen molar-refractivity contribution in [1.29, 1.82) is 0 Å². The summed E-state index contributed by atoms with van der Waals surface area (Å²) in [5.41, 5.74) is 2.33. The van der Waals surface area contributed by atoms with Crippen LogP contribution in [0.3, 0.4) is 0 Å². The number of ether oxygens (including phenoxy) is 1. The first kappa shape index (κ1) is 18.8. The second-order valence-corrected chi connectivity index (χ2v) is 6.46. The largest absolute Gasteiger partial charge is 0.503 e. The summed E-state index contributed by atoms with van der Waals surface area (Å²) in [6, 6.07) is 13.7. The lowest BCUT2D eigenvalue weighted by atomic mass is 9.85. The topological polar surface area (TPSA) is 49.8 Å². The average Bonchev–Trinajstić information content (AvgIpc) is 2.74. The maximum Gasteiger partial charge on any atom is 0.323 e. The van der Waals surface area contributed by atoms with E-state index in [-0.39, 0.29) is 0 Å². The van der Waals surface area contributed by atoms with Crippen molar-refractivity contribution in [2.45, 2.75) is 5.92 Å². The smallest absolute Gasteiger partial charge is 0.323 e. The van der Waals surface area contributed by atoms with E-state index >= 15 is 0 Å². The average molecular weight is 403 g/mol. The van der Waals surface area contributed by atoms with E-state index in [1.54, 1.807) is 55.6 Å². The SMILES string of the molecule is CN1c2ccccc2C(C(=O)Oc2c(F)c(F)c(O)c(F)c2F)c2ccccc21. The zero-order chi connectivity index (χ0) is 20.9. The molecule has 0 bridgehead atoms. The Bertz CT molecular complexity index is 1070. The van der Waals surface area contributed by atoms with Crippen LogP contribution in [-0.4, -0.2) is 18.1 Å². The summed E-state index contributed by atoms with van der Waals surface area (Å²) in [5, 5.41) is 9.09. The van der Waals surface area contributed by atoms with Crippen molar-refractivity contribution >= 4 is 17.3 Å². The van der Waals surface area contributed by atoms with Crippen LogP contribution in [0.1, 0.15) is 17.0 Å². The van der Waals surface area contributed by atoms with Crippen LogP contribution in [0.4, 0.5) is 28.9 Å². The zero-order valence-corrected chi connectivity index (χ0v) is 14.9. The Kier molecular flexibility index (Phi) is 4.41. The maximum absolute atomic E-state index is 14.1. The Morgan fingerprint density at radius 2 is 1.31 bits per heavy atom. The molecule has 1 heterocycles. The van der Waals surface area contributed by atoms with Gasteiger partial charge in [-0.2, -0.15) is 17.6 Å². The first-order chi connectivity index (χ1) is 13.8. The molecule has 148 valence electrons. The number of rotatable bonds is 2. The summed E-state index contributed by atoms with van der Waals surface area (Å²) in [6.07, 6.45) is 0. The molecule has 0 radical (unpaired) electrons. The Morgan fingerprint density at radius 1 is 0.862 bits per heavy atom. The van der Waals surface area contributed by atoms with Gasteiger partial charge in [-0.3, -0.25) is 4.79 Å². The number of carbonyl (C=O) groups is 1. The third-order valence-corrected chi connectivity index (χ3v) is 4.86. The molecule has 0 fully saturated rings. The molecule has 0 spiro atoms. The summed E-state index contributed by atoms with van der Waals surface area (Å²) < 4.78 is 60.1. The van der Waals surface area contributed by atoms with Gasteiger partial charge < -0.3 is 14.7 Å². The van der Waals surface area contributed by atoms with Crippen LogP contribution in [0.5, 0.6) is 11.5 Å². The number of phenolic OH excluding ortho intramolecular Hbond substituents is 1. The lowest BCUT2D eigenvalue weighted by Gasteiger charge is -2.34. The first-order valence-electron chi connectivity index (χ1n) is 8.51. The molecule has 0 saturated carbocycles. The number of halogens is 4. The summed E-state index contributed by atoms with van der Waals surface area (Å²) in [7, 11) is 1.79. The van der Waals surface area contributed by atoms with E-state index < -0.39 is 46.7 Å². The van der Waals surface area contributed by atoms with E-state index in [9.17, 15) is 22.4 Å². The highest BCUT2D eigenvalue weighted by Crippen LogP contribution is 2.45. The number of hydrogen-bond acceptors (Lipinski definition) is 4. The van der Waals surface area contributed by atoms with Gasteiger partial charge in [0.25, 0.3) is 0 Å². The van der Waals surface area contributed by atoms with Crippen LogP contribution in [0.2, 0.25) is 0 Å². The third-order valence-electron chi connectivity index (χ3n) is 4.86. The molecule has 0 aromatic heterocycles. The molecule has 1 aliphatic heterocycles. The van der Waals surface area contributed by atoms with E-state index in [1.165, 1.54) is 0 Å². The molecule has 4 nitrogen and oxygen atoms in total. The highest BCUT2D eigenvalue weighted by atomic mass is 19.2. The van der Waals surface area contributed by atoms with Crippen LogP contribution in [0, 0.1) is 23.3 Å². The van der Waals surface area contributed by atoms with Gasteiger partial charge in [-0.25, -0.2) is 0 Å². The number of para-hydroxylation sites is 2. The van der Waals surface area contributed by atoms with Gasteiger partial charge in [0.15, 0.2) is 5.75 Å². The minimum Gasteiger partial charge on any atom is -0.503 e. The number of hydrogen-bond donors (Lipinski definition) is 1. The highest BCUT2D eigenvalue weighted by Gasteiger charge is 2.37. The number of carbonyl (C=O) groups excluding carboxylic acids is 1. The number of anilines is 2. The monoisotopic (exact) mass is 403 g/mol. The van der Waals surface area contributed by atoms with E-state index in [0.717, 1.165) is 0 Å². The summed E-state index contributed by atoms with van der Waals surface area (Å²) in [6.45, 7) is 0. The molecule has 0 amide bonds. The van der Waals surface area contributed by atoms with Gasteiger partial charge in [0, 0.05) is 18.4 Å². The van der Waals surface area contributed by atoms with Gasteiger partial charge in [-0.15, -0.1) is 0 Å². The Balaban J connectivity index is 1.83. The Morgan fingerprint density at radius 3 is 1.79 bits per heavy atom. The predicted octanol–water partition coefficient (Wildman–Crippen LogP) is 4.77. The molecule has 29 heavy (non-hydrogen) atoms. The van der Waals surface area contributed by atoms with Crippen LogP contribution < -0.4 is 9.64 Å². The molecule has 1 aliphatic rings. The number of aromatic hydroxyl groups is 1. The number of benzene rings is 3. The fourth-order valence-electron chi connectivity index (χ4n) is 3.47. The predicted molar refractivity (Wildman–Crippen MR) is 96.4 cm³/mol. The number of phenols is 1. The summed E-state index contributed by atoms with van der Waals surface area (Å²) in [4.78, 5) is 14.8. The van der Waals surface area contributed by atoms with Crippen molar-refractivity contribution in [3.8, 4) is 11.5 Å². The van der Waals surface area contributed by atoms with E-state index in [4.69, 9.17) is 9.84 Å². The minimum atomic E-state index is -2.05. The molecule has 4 rings (SSSR count). The normalized spacial score (nSPS) is 13.1. The third kappa shape index (κ3) is 2.79. The van der Waals surface area contributed by atoms with Crippen molar-refractivity contribution in [3.05, 3.63) is 82.9 Å². The fourth-order valence-corrected chi connectivity index (χ4v) is 3.47. The van der Waals surface area contributed by atoms with Gasteiger partial charge in [-0.05, 0) is 23.3 Å². The van der Waals surface area contributed by atoms with Gasteiger partial charge in [0.1, 0.15) is 5.92 Å². The fraction of sp³-hybridized carbons (Fsp3) is 0.0952. The lowest BCUT2D eigenvalue weighted by Crippen LogP contribution is -2.29. The van der Waals surface area contributed by atoms with Crippen molar-refractivity contribution < 1.29 is 32.2 Å². The molecular weight excluding hydrogens is 390 g/mol. The molecule has 8 heteroatoms. The standard InChI is InChI=1S/C21H13F4NO3/c1-26-12-8-4-2-6-10(12)14(11-7-3-5-9-13(11)26)21(28)29-20-17(24)15(22)19(27)16(23)18(20)25/h2-9,14,27H,1H3. The van der Waals surface area contributed by atoms with Crippen LogP contribution in [-0.2, 0) is 4.79 Å². The summed E-state index contributed by atoms with van der Waals surface area (Å²) >= 11 is 0. The Labute approximate surface area is 162 Å². The van der Waals surface area contributed by atoms with E-state index in [2.05, 4.69) is 0 Å². The van der Waals surface area contributed by atoms with E-state index in [1.807, 2.05) is 4.90 Å². The van der Waals surface area contributed by atoms with Gasteiger partial charge in [0.2, 0.25) is 29.0 Å². The first-order valence-corrected chi connectivity index (χ1v) is 8.51. The van der Waals surface area contributed by atoms with E-state index in [0.29, 0.717) is 22.5 Å². The van der Waals surface area contributed by atoms with Crippen molar-refractivity contribution in [2.24, 2.45) is 0 Å². The van der Waals surface area contributed by atoms with Gasteiger partial charge in [0.05, 0.1) is 0 Å². The van der Waals surface area contributed by atoms with Crippen LogP contribution >= 0.6 is 0 Å². The van der Waals surface area contributed by atoms with Crippen LogP contribution in [0.25, 0.3) is 0 Å². The van der Waals surface area contributed by atoms with Crippen molar-refractivity contribution in [1.82, 2.24) is 0 Å². The van der Waals surface area contributed by atoms with Crippen molar-refractivity contribution in [2.75, 3.05) is 11.9 Å². The van der Waals surface area contributed by atoms with Gasteiger partial charge >= 0.3 is 5.97 Å². The molecule has 0 atom stereocenters. The molecule has 3 aromatic rings. The quantitative estimate of drug-likeness (QED) is 0.290. The minimum absolute atomic E-state index is 0.499. The molecule has 0 unspecified atom stereocenters. The number of nitrogens with zero attached hydrogens (tertiary/aromatic N) is 1. The molecule has 3 aromatic carbocycles. The molecule has 0 aliphatic carbocycles. The zero-order valence-electron chi connectivity index (χ0n) is 14.9. The lowest BCUT2D eigenvalue weighted by molar-refractivity contribution is -0.135. The second-order valence-electron chi connectivity index (χ2n) is 6.46. The summed E-state index contributed by atoms with van der Waals surface area (Å²) in [5.74, 6) is -13.7. The van der Waals surface area contributed by atoms with Crippen LogP contribution in [0.15, 0.2) is 48.5 Å². The Hall–Kier alpha value is -3.55. The number of esters is 1. The van der Waals surface area contributed by atoms with Gasteiger partial charge in [-0.1, -0.05) is 36.4 Å². The highest BCUT2D eigenvalue weighted by molar-refractivity contribution is 5.92. The molecular formula is C21H13F4NO3. The maximum atomic E-state index is 14.1. The molecule has 1 N–H and O–H groups in total. The molecule has 0 saturated heterocycles. The second kappa shape index (κ2) is 6.80. The number of fused-ring (bicyclic) bond motifs is 2. The van der Waals surface area contributed by atoms with Crippen molar-refractivity contribution in [3.63, 3.8) is 0 Å².